The Morgan fingerprint density at radius 1 is 1.00 bits per heavy atom. The molecular weight excluding hydrogens is 420 g/mol. The quantitative estimate of drug-likeness (QED) is 0.504. The number of aromatic nitrogens is 3. The Bertz CT molecular complexity index is 1450. The third-order valence-corrected chi connectivity index (χ3v) is 5.00. The maximum atomic E-state index is 12.4. The van der Waals surface area contributed by atoms with Crippen molar-refractivity contribution in [3.8, 4) is 5.75 Å². The van der Waals surface area contributed by atoms with Gasteiger partial charge in [0.1, 0.15) is 22.5 Å². The van der Waals surface area contributed by atoms with E-state index in [0.717, 1.165) is 18.4 Å². The first-order chi connectivity index (χ1) is 16.0. The summed E-state index contributed by atoms with van der Waals surface area (Å²) in [6, 6.07) is 11.1. The average molecular weight is 442 g/mol. The fourth-order valence-corrected chi connectivity index (χ4v) is 3.26. The van der Waals surface area contributed by atoms with Crippen LogP contribution in [0.1, 0.15) is 30.1 Å². The predicted octanol–water partition coefficient (Wildman–Crippen LogP) is 0.949. The fraction of sp³-hybridized carbons (Fsp3) is 0.120. The third-order valence-electron chi connectivity index (χ3n) is 5.00. The molecule has 33 heavy (non-hydrogen) atoms. The van der Waals surface area contributed by atoms with E-state index in [1.54, 1.807) is 36.4 Å². The number of H-pyrrole nitrogens is 2. The number of allylic oxidation sites excluding steroid dienone is 4. The van der Waals surface area contributed by atoms with Crippen molar-refractivity contribution in [3.05, 3.63) is 115 Å². The number of nitrogens with zero attached hydrogens (tertiary/aromatic N) is 1. The second-order valence-corrected chi connectivity index (χ2v) is 7.44. The first-order valence-electron chi connectivity index (χ1n) is 10.4. The third kappa shape index (κ3) is 5.50. The molecule has 0 saturated carbocycles. The summed E-state index contributed by atoms with van der Waals surface area (Å²) in [4.78, 5) is 46.5. The Hall–Kier alpha value is -4.30. The minimum absolute atomic E-state index is 0.0636. The van der Waals surface area contributed by atoms with Gasteiger partial charge in [-0.3, -0.25) is 14.6 Å². The number of hydrogen-bond acceptors (Lipinski definition) is 6. The molecule has 0 spiro atoms. The molecule has 8 heteroatoms. The first-order valence-corrected chi connectivity index (χ1v) is 10.4. The summed E-state index contributed by atoms with van der Waals surface area (Å²) in [5.41, 5.74) is 6.98. The number of benzene rings is 1. The van der Waals surface area contributed by atoms with Gasteiger partial charge in [-0.1, -0.05) is 48.6 Å². The van der Waals surface area contributed by atoms with Gasteiger partial charge in [-0.2, -0.15) is 0 Å². The molecule has 0 amide bonds. The highest BCUT2D eigenvalue weighted by Gasteiger charge is 2.17. The van der Waals surface area contributed by atoms with Crippen LogP contribution in [0, 0.1) is 0 Å². The zero-order chi connectivity index (χ0) is 23.2. The SMILES string of the molecule is NC(C(=O)Oc1ccc(/C=c2\[nH]c(=O)/c(=C/C3=CCCC=C3)[nH]c2=O)nc1)c1ccccc1. The lowest BCUT2D eigenvalue weighted by molar-refractivity contribution is -0.136. The van der Waals surface area contributed by atoms with Crippen LogP contribution in [-0.4, -0.2) is 20.9 Å². The van der Waals surface area contributed by atoms with Gasteiger partial charge in [0.15, 0.2) is 0 Å². The molecule has 1 aromatic carbocycles. The lowest BCUT2D eigenvalue weighted by Gasteiger charge is -2.11. The van der Waals surface area contributed by atoms with Crippen LogP contribution in [0.25, 0.3) is 12.2 Å². The Kier molecular flexibility index (Phi) is 6.56. The lowest BCUT2D eigenvalue weighted by Crippen LogP contribution is -2.46. The molecule has 1 aliphatic carbocycles. The van der Waals surface area contributed by atoms with Gasteiger partial charge in [0.2, 0.25) is 0 Å². The highest BCUT2D eigenvalue weighted by atomic mass is 16.5. The molecule has 4 N–H and O–H groups in total. The van der Waals surface area contributed by atoms with E-state index < -0.39 is 23.1 Å². The van der Waals surface area contributed by atoms with E-state index in [1.165, 1.54) is 18.3 Å². The number of esters is 1. The van der Waals surface area contributed by atoms with Crippen LogP contribution in [-0.2, 0) is 4.79 Å². The van der Waals surface area contributed by atoms with Crippen molar-refractivity contribution < 1.29 is 9.53 Å². The highest BCUT2D eigenvalue weighted by Crippen LogP contribution is 2.15. The van der Waals surface area contributed by atoms with Gasteiger partial charge in [0, 0.05) is 0 Å². The van der Waals surface area contributed by atoms with Gasteiger partial charge in [0.05, 0.1) is 11.9 Å². The van der Waals surface area contributed by atoms with Gasteiger partial charge in [-0.25, -0.2) is 4.79 Å². The summed E-state index contributed by atoms with van der Waals surface area (Å²) >= 11 is 0. The van der Waals surface area contributed by atoms with Crippen molar-refractivity contribution in [2.24, 2.45) is 5.73 Å². The second-order valence-electron chi connectivity index (χ2n) is 7.44. The standard InChI is InChI=1S/C25H22N4O4/c26-22(17-9-5-2-6-10-17)25(32)33-19-12-11-18(27-15-19)14-21-24(31)28-20(23(30)29-21)13-16-7-3-1-4-8-16/h2-3,5-15,22H,1,4,26H2,(H,28,31)(H,29,30)/b20-13-,21-14-. The molecule has 0 fully saturated rings. The van der Waals surface area contributed by atoms with Gasteiger partial charge in [-0.15, -0.1) is 0 Å². The van der Waals surface area contributed by atoms with Crippen molar-refractivity contribution in [1.82, 2.24) is 15.0 Å². The molecule has 0 radical (unpaired) electrons. The van der Waals surface area contributed by atoms with Crippen molar-refractivity contribution in [3.63, 3.8) is 0 Å². The largest absolute Gasteiger partial charge is 0.423 e. The normalized spacial score (nSPS) is 15.2. The molecule has 2 heterocycles. The number of pyridine rings is 1. The van der Waals surface area contributed by atoms with Gasteiger partial charge < -0.3 is 20.4 Å². The molecule has 8 nitrogen and oxygen atoms in total. The molecule has 1 aliphatic rings. The highest BCUT2D eigenvalue weighted by molar-refractivity contribution is 5.79. The number of rotatable bonds is 5. The van der Waals surface area contributed by atoms with Crippen LogP contribution in [0.4, 0.5) is 0 Å². The van der Waals surface area contributed by atoms with Crippen molar-refractivity contribution >= 4 is 18.1 Å². The summed E-state index contributed by atoms with van der Waals surface area (Å²) in [6.45, 7) is 0. The molecule has 0 aliphatic heterocycles. The molecular formula is C25H22N4O4. The molecule has 1 unspecified atom stereocenters. The second kappa shape index (κ2) is 9.88. The van der Waals surface area contributed by atoms with E-state index in [2.05, 4.69) is 15.0 Å². The average Bonchev–Trinajstić information content (AvgIpc) is 2.84. The molecule has 3 aromatic rings. The van der Waals surface area contributed by atoms with Crippen LogP contribution in [0.15, 0.2) is 82.1 Å². The summed E-state index contributed by atoms with van der Waals surface area (Å²) in [5, 5.41) is 0.244. The van der Waals surface area contributed by atoms with Gasteiger partial charge in [0.25, 0.3) is 11.1 Å². The fourth-order valence-electron chi connectivity index (χ4n) is 3.26. The maximum Gasteiger partial charge on any atom is 0.333 e. The molecule has 4 rings (SSSR count). The zero-order valence-corrected chi connectivity index (χ0v) is 17.7. The number of carbonyl (C=O) groups is 1. The van der Waals surface area contributed by atoms with Crippen LogP contribution in [0.3, 0.4) is 0 Å². The van der Waals surface area contributed by atoms with Crippen LogP contribution in [0.2, 0.25) is 0 Å². The van der Waals surface area contributed by atoms with Crippen LogP contribution < -0.4 is 32.3 Å². The summed E-state index contributed by atoms with van der Waals surface area (Å²) < 4.78 is 5.29. The van der Waals surface area contributed by atoms with Crippen molar-refractivity contribution in [1.29, 1.82) is 0 Å². The van der Waals surface area contributed by atoms with Gasteiger partial charge >= 0.3 is 5.97 Å². The smallest absolute Gasteiger partial charge is 0.333 e. The summed E-state index contributed by atoms with van der Waals surface area (Å²) in [5.74, 6) is -0.403. The Labute approximate surface area is 188 Å². The number of hydrogen-bond donors (Lipinski definition) is 3. The number of ether oxygens (including phenoxy) is 1. The van der Waals surface area contributed by atoms with E-state index in [-0.39, 0.29) is 16.4 Å². The number of aromatic amines is 2. The van der Waals surface area contributed by atoms with Crippen LogP contribution in [0.5, 0.6) is 5.75 Å². The van der Waals surface area contributed by atoms with Crippen LogP contribution >= 0.6 is 0 Å². The number of nitrogens with one attached hydrogen (secondary N) is 2. The zero-order valence-electron chi connectivity index (χ0n) is 17.7. The van der Waals surface area contributed by atoms with E-state index in [4.69, 9.17) is 10.5 Å². The summed E-state index contributed by atoms with van der Waals surface area (Å²) in [6.07, 6.45) is 12.2. The van der Waals surface area contributed by atoms with E-state index in [0.29, 0.717) is 11.3 Å². The summed E-state index contributed by atoms with van der Waals surface area (Å²) in [7, 11) is 0. The Balaban J connectivity index is 1.52. The molecule has 166 valence electrons. The monoisotopic (exact) mass is 442 g/mol. The van der Waals surface area contributed by atoms with Crippen molar-refractivity contribution in [2.75, 3.05) is 0 Å². The molecule has 0 bridgehead atoms. The van der Waals surface area contributed by atoms with Crippen molar-refractivity contribution in [2.45, 2.75) is 18.9 Å². The molecule has 0 saturated heterocycles. The minimum Gasteiger partial charge on any atom is -0.423 e. The first kappa shape index (κ1) is 21.9. The minimum atomic E-state index is -0.920. The molecule has 2 aromatic heterocycles. The Morgan fingerprint density at radius 3 is 2.36 bits per heavy atom. The predicted molar refractivity (Wildman–Crippen MR) is 125 cm³/mol. The topological polar surface area (TPSA) is 131 Å². The van der Waals surface area contributed by atoms with Gasteiger partial charge in [-0.05, 0) is 48.3 Å². The Morgan fingerprint density at radius 2 is 1.73 bits per heavy atom. The van der Waals surface area contributed by atoms with E-state index in [1.807, 2.05) is 24.3 Å². The number of nitrogens with two attached hydrogens (primary N) is 1. The molecule has 1 atom stereocenters. The number of carbonyl (C=O) groups excluding carboxylic acids is 1. The lowest BCUT2D eigenvalue weighted by atomic mass is 10.1. The van der Waals surface area contributed by atoms with E-state index in [9.17, 15) is 14.4 Å². The maximum absolute atomic E-state index is 12.4. The van der Waals surface area contributed by atoms with E-state index >= 15 is 0 Å².